The molecule has 0 spiro atoms. The van der Waals surface area contributed by atoms with Gasteiger partial charge < -0.3 is 9.88 Å². The van der Waals surface area contributed by atoms with Crippen molar-refractivity contribution in [3.05, 3.63) is 34.7 Å². The van der Waals surface area contributed by atoms with Gasteiger partial charge in [-0.05, 0) is 25.3 Å². The van der Waals surface area contributed by atoms with Crippen LogP contribution in [-0.2, 0) is 6.54 Å². The van der Waals surface area contributed by atoms with Crippen LogP contribution < -0.4 is 10.7 Å². The molecule has 1 aromatic heterocycles. The lowest BCUT2D eigenvalue weighted by Crippen LogP contribution is -2.27. The van der Waals surface area contributed by atoms with Gasteiger partial charge in [-0.3, -0.25) is 4.79 Å². The average Bonchev–Trinajstić information content (AvgIpc) is 2.38. The van der Waals surface area contributed by atoms with Gasteiger partial charge in [0.15, 0.2) is 5.43 Å². The van der Waals surface area contributed by atoms with Gasteiger partial charge in [0, 0.05) is 37.6 Å². The summed E-state index contributed by atoms with van der Waals surface area (Å²) in [5, 5.41) is 3.52. The van der Waals surface area contributed by atoms with Crippen molar-refractivity contribution in [3.8, 4) is 0 Å². The van der Waals surface area contributed by atoms with Crippen molar-refractivity contribution in [1.82, 2.24) is 9.88 Å². The van der Waals surface area contributed by atoms with E-state index in [0.717, 1.165) is 25.6 Å². The van der Waals surface area contributed by atoms with E-state index in [1.807, 2.05) is 12.4 Å². The number of nitrogens with zero attached hydrogens (tertiary/aromatic N) is 1. The third-order valence-electron chi connectivity index (χ3n) is 3.57. The van der Waals surface area contributed by atoms with Crippen LogP contribution in [0.25, 0.3) is 0 Å². The normalized spacial score (nSPS) is 17.2. The van der Waals surface area contributed by atoms with Crippen molar-refractivity contribution >= 4 is 0 Å². The minimum atomic E-state index is 0.0800. The predicted octanol–water partition coefficient (Wildman–Crippen LogP) is 2.02. The molecule has 1 saturated carbocycles. The van der Waals surface area contributed by atoms with Crippen molar-refractivity contribution in [3.63, 3.8) is 0 Å². The van der Waals surface area contributed by atoms with Crippen LogP contribution in [0.4, 0.5) is 0 Å². The molecule has 1 heterocycles. The van der Waals surface area contributed by atoms with Crippen LogP contribution in [0.2, 0.25) is 0 Å². The number of rotatable bonds is 5. The first-order chi connectivity index (χ1) is 8.34. The topological polar surface area (TPSA) is 34.0 Å². The molecule has 1 aliphatic rings. The van der Waals surface area contributed by atoms with Gasteiger partial charge in [0.25, 0.3) is 0 Å². The molecule has 0 atom stereocenters. The highest BCUT2D eigenvalue weighted by Gasteiger charge is 2.12. The Bertz CT molecular complexity index is 360. The van der Waals surface area contributed by atoms with Crippen molar-refractivity contribution in [2.45, 2.75) is 38.6 Å². The maximum absolute atomic E-state index is 10.9. The molecule has 0 unspecified atom stereocenters. The SMILES string of the molecule is O=c1ccn(CCNCC2CCCCC2)cc1. The largest absolute Gasteiger partial charge is 0.353 e. The van der Waals surface area contributed by atoms with Crippen LogP contribution in [0, 0.1) is 5.92 Å². The summed E-state index contributed by atoms with van der Waals surface area (Å²) in [6.45, 7) is 3.08. The zero-order valence-electron chi connectivity index (χ0n) is 10.4. The monoisotopic (exact) mass is 234 g/mol. The fourth-order valence-electron chi connectivity index (χ4n) is 2.50. The second-order valence-corrected chi connectivity index (χ2v) is 4.98. The summed E-state index contributed by atoms with van der Waals surface area (Å²) in [6, 6.07) is 3.22. The van der Waals surface area contributed by atoms with Crippen molar-refractivity contribution < 1.29 is 0 Å². The number of hydrogen-bond donors (Lipinski definition) is 1. The van der Waals surface area contributed by atoms with E-state index in [0.29, 0.717) is 0 Å². The first-order valence-corrected chi connectivity index (χ1v) is 6.71. The van der Waals surface area contributed by atoms with Gasteiger partial charge in [-0.1, -0.05) is 19.3 Å². The third-order valence-corrected chi connectivity index (χ3v) is 3.57. The van der Waals surface area contributed by atoms with E-state index in [-0.39, 0.29) is 5.43 Å². The first kappa shape index (κ1) is 12.4. The predicted molar refractivity (Wildman–Crippen MR) is 70.1 cm³/mol. The summed E-state index contributed by atoms with van der Waals surface area (Å²) in [5.74, 6) is 0.887. The van der Waals surface area contributed by atoms with E-state index in [9.17, 15) is 4.79 Å². The fraction of sp³-hybridized carbons (Fsp3) is 0.643. The highest BCUT2D eigenvalue weighted by atomic mass is 16.1. The van der Waals surface area contributed by atoms with Crippen molar-refractivity contribution in [1.29, 1.82) is 0 Å². The Hall–Kier alpha value is -1.09. The summed E-state index contributed by atoms with van der Waals surface area (Å²) < 4.78 is 2.05. The lowest BCUT2D eigenvalue weighted by molar-refractivity contribution is 0.340. The Balaban J connectivity index is 1.62. The van der Waals surface area contributed by atoms with Crippen LogP contribution in [-0.4, -0.2) is 17.7 Å². The zero-order valence-corrected chi connectivity index (χ0v) is 10.4. The van der Waals surface area contributed by atoms with Crippen LogP contribution in [0.15, 0.2) is 29.3 Å². The first-order valence-electron chi connectivity index (χ1n) is 6.71. The van der Waals surface area contributed by atoms with Gasteiger partial charge in [-0.15, -0.1) is 0 Å². The fourth-order valence-corrected chi connectivity index (χ4v) is 2.50. The van der Waals surface area contributed by atoms with E-state index in [1.54, 1.807) is 12.1 Å². The number of pyridine rings is 1. The molecule has 3 nitrogen and oxygen atoms in total. The number of hydrogen-bond acceptors (Lipinski definition) is 2. The molecule has 17 heavy (non-hydrogen) atoms. The van der Waals surface area contributed by atoms with E-state index in [2.05, 4.69) is 9.88 Å². The second kappa shape index (κ2) is 6.60. The Labute approximate surface area is 103 Å². The molecule has 0 bridgehead atoms. The molecular formula is C14H22N2O. The highest BCUT2D eigenvalue weighted by Crippen LogP contribution is 2.22. The highest BCUT2D eigenvalue weighted by molar-refractivity contribution is 4.93. The van der Waals surface area contributed by atoms with Gasteiger partial charge >= 0.3 is 0 Å². The molecule has 1 aromatic rings. The van der Waals surface area contributed by atoms with Gasteiger partial charge in [0.1, 0.15) is 0 Å². The number of nitrogens with one attached hydrogen (secondary N) is 1. The third kappa shape index (κ3) is 4.35. The minimum Gasteiger partial charge on any atom is -0.353 e. The summed E-state index contributed by atoms with van der Waals surface area (Å²) in [4.78, 5) is 10.9. The van der Waals surface area contributed by atoms with E-state index in [1.165, 1.54) is 32.1 Å². The maximum Gasteiger partial charge on any atom is 0.181 e. The summed E-state index contributed by atoms with van der Waals surface area (Å²) in [5.41, 5.74) is 0.0800. The molecule has 3 heteroatoms. The van der Waals surface area contributed by atoms with Crippen molar-refractivity contribution in [2.24, 2.45) is 5.92 Å². The van der Waals surface area contributed by atoms with Gasteiger partial charge in [0.2, 0.25) is 0 Å². The smallest absolute Gasteiger partial charge is 0.181 e. The molecule has 94 valence electrons. The van der Waals surface area contributed by atoms with Gasteiger partial charge in [-0.25, -0.2) is 0 Å². The molecule has 1 N–H and O–H groups in total. The molecule has 0 aromatic carbocycles. The Morgan fingerprint density at radius 3 is 2.59 bits per heavy atom. The lowest BCUT2D eigenvalue weighted by Gasteiger charge is -2.21. The quantitative estimate of drug-likeness (QED) is 0.791. The maximum atomic E-state index is 10.9. The van der Waals surface area contributed by atoms with Crippen LogP contribution in [0.1, 0.15) is 32.1 Å². The van der Waals surface area contributed by atoms with Crippen LogP contribution in [0.5, 0.6) is 0 Å². The summed E-state index contributed by atoms with van der Waals surface area (Å²) in [6.07, 6.45) is 10.7. The molecule has 0 amide bonds. The molecule has 0 saturated heterocycles. The standard InChI is InChI=1S/C14H22N2O/c17-14-6-9-16(10-7-14)11-8-15-12-13-4-2-1-3-5-13/h6-7,9-10,13,15H,1-5,8,11-12H2. The van der Waals surface area contributed by atoms with Gasteiger partial charge in [-0.2, -0.15) is 0 Å². The Kier molecular flexibility index (Phi) is 4.80. The van der Waals surface area contributed by atoms with Gasteiger partial charge in [0.05, 0.1) is 0 Å². The molecule has 1 fully saturated rings. The van der Waals surface area contributed by atoms with E-state index in [4.69, 9.17) is 0 Å². The molecular weight excluding hydrogens is 212 g/mol. The molecule has 0 radical (unpaired) electrons. The second-order valence-electron chi connectivity index (χ2n) is 4.98. The molecule has 2 rings (SSSR count). The Morgan fingerprint density at radius 1 is 1.18 bits per heavy atom. The average molecular weight is 234 g/mol. The summed E-state index contributed by atoms with van der Waals surface area (Å²) >= 11 is 0. The van der Waals surface area contributed by atoms with E-state index >= 15 is 0 Å². The zero-order chi connectivity index (χ0) is 11.9. The Morgan fingerprint density at radius 2 is 1.88 bits per heavy atom. The van der Waals surface area contributed by atoms with Crippen molar-refractivity contribution in [2.75, 3.05) is 13.1 Å². The lowest BCUT2D eigenvalue weighted by atomic mass is 9.89. The molecule has 0 aliphatic heterocycles. The molecule has 1 aliphatic carbocycles. The minimum absolute atomic E-state index is 0.0800. The van der Waals surface area contributed by atoms with Crippen LogP contribution >= 0.6 is 0 Å². The van der Waals surface area contributed by atoms with Crippen LogP contribution in [0.3, 0.4) is 0 Å². The number of aromatic nitrogens is 1. The van der Waals surface area contributed by atoms with E-state index < -0.39 is 0 Å². The summed E-state index contributed by atoms with van der Waals surface area (Å²) in [7, 11) is 0.